The lowest BCUT2D eigenvalue weighted by atomic mass is 10.2. The second-order valence-corrected chi connectivity index (χ2v) is 10.7. The fourth-order valence-corrected chi connectivity index (χ4v) is 5.42. The monoisotopic (exact) mass is 448 g/mol. The highest BCUT2D eigenvalue weighted by molar-refractivity contribution is 8.00. The highest BCUT2D eigenvalue weighted by Gasteiger charge is 2.23. The van der Waals surface area contributed by atoms with E-state index >= 15 is 0 Å². The molecule has 2 N–H and O–H groups in total. The van der Waals surface area contributed by atoms with Crippen LogP contribution in [0.2, 0.25) is 0 Å². The molecule has 1 aliphatic heterocycles. The topological polar surface area (TPSA) is 102 Å². The van der Waals surface area contributed by atoms with Crippen LogP contribution in [0.15, 0.2) is 46.2 Å². The molecule has 0 aliphatic carbocycles. The van der Waals surface area contributed by atoms with E-state index in [-0.39, 0.29) is 28.2 Å². The number of ether oxygens (including phenoxy) is 1. The molecule has 0 saturated carbocycles. The minimum atomic E-state index is -3.70. The quantitative estimate of drug-likeness (QED) is 0.700. The molecule has 7 nitrogen and oxygen atoms in total. The molecule has 0 fully saturated rings. The van der Waals surface area contributed by atoms with E-state index in [4.69, 9.17) is 4.74 Å². The summed E-state index contributed by atoms with van der Waals surface area (Å²) in [6, 6.07) is 10.0. The Balaban J connectivity index is 1.71. The molecular formula is C21H24N2O5S2. The second kappa shape index (κ2) is 9.09. The van der Waals surface area contributed by atoms with Gasteiger partial charge in [0.2, 0.25) is 11.8 Å². The molecule has 9 heteroatoms. The Morgan fingerprint density at radius 3 is 2.77 bits per heavy atom. The number of nitrogens with one attached hydrogen (secondary N) is 2. The fourth-order valence-electron chi connectivity index (χ4n) is 3.10. The van der Waals surface area contributed by atoms with Crippen LogP contribution >= 0.6 is 11.8 Å². The highest BCUT2D eigenvalue weighted by Crippen LogP contribution is 2.36. The van der Waals surface area contributed by atoms with E-state index in [1.165, 1.54) is 31.0 Å². The van der Waals surface area contributed by atoms with Crippen LogP contribution < -0.4 is 15.4 Å². The molecule has 0 radical (unpaired) electrons. The molecule has 2 aromatic rings. The molecule has 30 heavy (non-hydrogen) atoms. The average molecular weight is 449 g/mol. The van der Waals surface area contributed by atoms with E-state index < -0.39 is 15.7 Å². The number of fused-ring (bicyclic) bond motifs is 1. The Morgan fingerprint density at radius 2 is 2.03 bits per heavy atom. The number of rotatable bonds is 6. The Hall–Kier alpha value is -2.52. The van der Waals surface area contributed by atoms with Gasteiger partial charge in [-0.05, 0) is 42.8 Å². The number of carbonyl (C=O) groups excluding carboxylic acids is 2. The summed E-state index contributed by atoms with van der Waals surface area (Å²) < 4.78 is 30.7. The van der Waals surface area contributed by atoms with Crippen molar-refractivity contribution in [3.8, 4) is 5.75 Å². The van der Waals surface area contributed by atoms with E-state index in [1.807, 2.05) is 19.9 Å². The number of sulfone groups is 1. The zero-order valence-corrected chi connectivity index (χ0v) is 18.7. The minimum Gasteiger partial charge on any atom is -0.495 e. The van der Waals surface area contributed by atoms with E-state index in [0.717, 1.165) is 10.5 Å². The summed E-state index contributed by atoms with van der Waals surface area (Å²) in [5.74, 6) is -0.404. The van der Waals surface area contributed by atoms with Gasteiger partial charge in [0.05, 0.1) is 29.1 Å². The number of amides is 2. The van der Waals surface area contributed by atoms with Crippen molar-refractivity contribution in [3.63, 3.8) is 0 Å². The molecule has 2 amide bonds. The van der Waals surface area contributed by atoms with Gasteiger partial charge in [-0.15, -0.1) is 11.8 Å². The highest BCUT2D eigenvalue weighted by atomic mass is 32.2. The molecule has 1 heterocycles. The third-order valence-electron chi connectivity index (χ3n) is 4.61. The third kappa shape index (κ3) is 5.34. The van der Waals surface area contributed by atoms with Crippen molar-refractivity contribution in [1.29, 1.82) is 0 Å². The predicted molar refractivity (Wildman–Crippen MR) is 118 cm³/mol. The smallest absolute Gasteiger partial charge is 0.225 e. The Morgan fingerprint density at radius 1 is 1.27 bits per heavy atom. The zero-order chi connectivity index (χ0) is 21.9. The van der Waals surface area contributed by atoms with E-state index in [1.54, 1.807) is 18.2 Å². The number of anilines is 2. The van der Waals surface area contributed by atoms with Crippen molar-refractivity contribution in [2.75, 3.05) is 23.5 Å². The van der Waals surface area contributed by atoms with Crippen LogP contribution in [-0.2, 0) is 19.4 Å². The first-order valence-corrected chi connectivity index (χ1v) is 12.0. The van der Waals surface area contributed by atoms with Gasteiger partial charge in [0.15, 0.2) is 9.84 Å². The zero-order valence-electron chi connectivity index (χ0n) is 17.0. The van der Waals surface area contributed by atoms with Crippen LogP contribution in [0, 0.1) is 6.92 Å². The summed E-state index contributed by atoms with van der Waals surface area (Å²) >= 11 is 1.53. The summed E-state index contributed by atoms with van der Waals surface area (Å²) in [6.45, 7) is 3.83. The Kier molecular flexibility index (Phi) is 6.72. The maximum atomic E-state index is 12.8. The van der Waals surface area contributed by atoms with Crippen LogP contribution in [0.3, 0.4) is 0 Å². The summed E-state index contributed by atoms with van der Waals surface area (Å²) in [5.41, 5.74) is 1.93. The first kappa shape index (κ1) is 22.2. The molecule has 0 aromatic heterocycles. The number of methoxy groups -OCH3 is 1. The van der Waals surface area contributed by atoms with Gasteiger partial charge in [0.1, 0.15) is 5.75 Å². The number of thioether (sulfide) groups is 1. The van der Waals surface area contributed by atoms with Crippen LogP contribution in [0.25, 0.3) is 0 Å². The molecule has 1 aliphatic rings. The summed E-state index contributed by atoms with van der Waals surface area (Å²) in [7, 11) is -2.20. The van der Waals surface area contributed by atoms with Crippen LogP contribution in [0.4, 0.5) is 11.4 Å². The molecule has 0 spiro atoms. The molecule has 3 rings (SSSR count). The molecule has 1 atom stereocenters. The summed E-state index contributed by atoms with van der Waals surface area (Å²) in [4.78, 5) is 25.2. The number of benzene rings is 2. The van der Waals surface area contributed by atoms with Crippen molar-refractivity contribution in [2.45, 2.75) is 41.7 Å². The number of aryl methyl sites for hydroxylation is 1. The van der Waals surface area contributed by atoms with Crippen molar-refractivity contribution in [3.05, 3.63) is 42.0 Å². The van der Waals surface area contributed by atoms with Gasteiger partial charge in [0.25, 0.3) is 0 Å². The van der Waals surface area contributed by atoms with E-state index in [2.05, 4.69) is 10.6 Å². The third-order valence-corrected chi connectivity index (χ3v) is 7.50. The maximum absolute atomic E-state index is 12.8. The van der Waals surface area contributed by atoms with Crippen molar-refractivity contribution in [1.82, 2.24) is 0 Å². The number of hydrogen-bond acceptors (Lipinski definition) is 6. The molecule has 0 saturated heterocycles. The average Bonchev–Trinajstić information content (AvgIpc) is 2.82. The Bertz CT molecular complexity index is 1080. The van der Waals surface area contributed by atoms with E-state index in [9.17, 15) is 18.0 Å². The standard InChI is InChI=1S/C21H24N2O5S2/c1-13-4-6-18(28-3)16(10-13)22-20(24)8-9-30(26,27)15-5-7-19-17(12-15)23-21(25)11-14(2)29-19/h4-7,10,12,14H,8-9,11H2,1-3H3,(H,22,24)(H,23,25)/t14-/m0/s1. The number of hydrogen-bond donors (Lipinski definition) is 2. The van der Waals surface area contributed by atoms with Gasteiger partial charge in [-0.2, -0.15) is 0 Å². The number of carbonyl (C=O) groups is 2. The Labute approximate surface area is 180 Å². The van der Waals surface area contributed by atoms with Gasteiger partial charge >= 0.3 is 0 Å². The fraction of sp³-hybridized carbons (Fsp3) is 0.333. The molecule has 160 valence electrons. The minimum absolute atomic E-state index is 0.0811. The first-order valence-electron chi connectivity index (χ1n) is 9.46. The second-order valence-electron chi connectivity index (χ2n) is 7.16. The van der Waals surface area contributed by atoms with E-state index in [0.29, 0.717) is 23.5 Å². The lowest BCUT2D eigenvalue weighted by Gasteiger charge is -2.12. The molecule has 2 aromatic carbocycles. The summed E-state index contributed by atoms with van der Waals surface area (Å²) in [6.07, 6.45) is 0.165. The molecule has 0 bridgehead atoms. The van der Waals surface area contributed by atoms with Gasteiger partial charge in [-0.25, -0.2) is 8.42 Å². The van der Waals surface area contributed by atoms with Crippen molar-refractivity contribution < 1.29 is 22.7 Å². The molecule has 0 unspecified atom stereocenters. The first-order chi connectivity index (χ1) is 14.2. The van der Waals surface area contributed by atoms with Crippen LogP contribution in [0.1, 0.15) is 25.3 Å². The normalized spacial score (nSPS) is 16.2. The largest absolute Gasteiger partial charge is 0.495 e. The van der Waals surface area contributed by atoms with Crippen molar-refractivity contribution in [2.24, 2.45) is 0 Å². The van der Waals surface area contributed by atoms with Gasteiger partial charge in [0, 0.05) is 23.0 Å². The van der Waals surface area contributed by atoms with Gasteiger partial charge in [-0.3, -0.25) is 9.59 Å². The van der Waals surface area contributed by atoms with Crippen LogP contribution in [0.5, 0.6) is 5.75 Å². The predicted octanol–water partition coefficient (Wildman–Crippen LogP) is 3.63. The SMILES string of the molecule is COc1ccc(C)cc1NC(=O)CCS(=O)(=O)c1ccc2c(c1)NC(=O)C[C@H](C)S2. The lowest BCUT2D eigenvalue weighted by Crippen LogP contribution is -2.18. The lowest BCUT2D eigenvalue weighted by molar-refractivity contribution is -0.116. The van der Waals surface area contributed by atoms with Gasteiger partial charge < -0.3 is 15.4 Å². The van der Waals surface area contributed by atoms with Gasteiger partial charge in [-0.1, -0.05) is 13.0 Å². The van der Waals surface area contributed by atoms with Crippen molar-refractivity contribution >= 4 is 44.8 Å². The molecular weight excluding hydrogens is 424 g/mol. The maximum Gasteiger partial charge on any atom is 0.225 e. The van der Waals surface area contributed by atoms with Crippen LogP contribution in [-0.4, -0.2) is 38.3 Å². The summed E-state index contributed by atoms with van der Waals surface area (Å²) in [5, 5.41) is 5.58.